The van der Waals surface area contributed by atoms with Gasteiger partial charge in [0.05, 0.1) is 7.11 Å². The molecule has 0 spiro atoms. The fraction of sp³-hybridized carbons (Fsp3) is 0.455. The lowest BCUT2D eigenvalue weighted by atomic mass is 9.84. The van der Waals surface area contributed by atoms with Gasteiger partial charge in [-0.05, 0) is 61.9 Å². The molecule has 0 radical (unpaired) electrons. The van der Waals surface area contributed by atoms with Crippen LogP contribution in [0.1, 0.15) is 47.4 Å². The molecule has 0 bridgehead atoms. The maximum absolute atomic E-state index is 14.3. The van der Waals surface area contributed by atoms with E-state index >= 15 is 0 Å². The molecule has 1 saturated carbocycles. The summed E-state index contributed by atoms with van der Waals surface area (Å²) in [7, 11) is 1.68. The Hall–Kier alpha value is -1.49. The van der Waals surface area contributed by atoms with Gasteiger partial charge in [-0.15, -0.1) is 12.4 Å². The van der Waals surface area contributed by atoms with Gasteiger partial charge in [-0.2, -0.15) is 5.06 Å². The highest BCUT2D eigenvalue weighted by Gasteiger charge is 2.30. The van der Waals surface area contributed by atoms with Gasteiger partial charge in [0.15, 0.2) is 0 Å². The van der Waals surface area contributed by atoms with Crippen molar-refractivity contribution in [3.8, 4) is 0 Å². The van der Waals surface area contributed by atoms with Gasteiger partial charge in [0, 0.05) is 24.1 Å². The second kappa shape index (κ2) is 9.63. The van der Waals surface area contributed by atoms with Crippen molar-refractivity contribution in [2.75, 3.05) is 13.7 Å². The zero-order chi connectivity index (χ0) is 18.7. The van der Waals surface area contributed by atoms with E-state index in [4.69, 9.17) is 4.84 Å². The third-order valence-electron chi connectivity index (χ3n) is 5.58. The minimum absolute atomic E-state index is 0. The Balaban J connectivity index is 0.00000261. The van der Waals surface area contributed by atoms with Crippen LogP contribution in [0.15, 0.2) is 36.4 Å². The van der Waals surface area contributed by atoms with Crippen molar-refractivity contribution < 1.29 is 13.6 Å². The van der Waals surface area contributed by atoms with Gasteiger partial charge in [0.2, 0.25) is 0 Å². The molecule has 0 heterocycles. The number of aryl methyl sites for hydroxylation is 2. The van der Waals surface area contributed by atoms with E-state index in [-0.39, 0.29) is 23.9 Å². The zero-order valence-corrected chi connectivity index (χ0v) is 17.0. The quantitative estimate of drug-likeness (QED) is 0.554. The van der Waals surface area contributed by atoms with Gasteiger partial charge in [-0.25, -0.2) is 8.78 Å². The summed E-state index contributed by atoms with van der Waals surface area (Å²) in [6, 6.07) is 10.6. The third-order valence-corrected chi connectivity index (χ3v) is 5.58. The number of rotatable bonds is 7. The highest BCUT2D eigenvalue weighted by molar-refractivity contribution is 5.85. The summed E-state index contributed by atoms with van der Waals surface area (Å²) in [5.74, 6) is -0.995. The monoisotopic (exact) mass is 395 g/mol. The zero-order valence-electron chi connectivity index (χ0n) is 16.2. The van der Waals surface area contributed by atoms with Crippen LogP contribution in [0.5, 0.6) is 0 Å². The standard InChI is InChI=1S/C22H27F2NO.ClH/c1-15-7-4-8-16(2)22(15)17(14-25(26-3)18-9-5-10-18)13-19-20(23)11-6-12-21(19)24;/h4,6-8,11-12,17-18H,5,9-10,13-14H2,1-3H3;1H. The Morgan fingerprint density at radius 2 is 1.59 bits per heavy atom. The number of benzene rings is 2. The van der Waals surface area contributed by atoms with Crippen LogP contribution >= 0.6 is 12.4 Å². The molecule has 1 unspecified atom stereocenters. The van der Waals surface area contributed by atoms with Crippen LogP contribution < -0.4 is 0 Å². The van der Waals surface area contributed by atoms with Crippen LogP contribution in [0.4, 0.5) is 8.78 Å². The topological polar surface area (TPSA) is 12.5 Å². The Morgan fingerprint density at radius 1 is 1.04 bits per heavy atom. The molecular weight excluding hydrogens is 368 g/mol. The van der Waals surface area contributed by atoms with Crippen molar-refractivity contribution in [3.63, 3.8) is 0 Å². The lowest BCUT2D eigenvalue weighted by molar-refractivity contribution is -0.181. The second-order valence-corrected chi connectivity index (χ2v) is 7.27. The van der Waals surface area contributed by atoms with Gasteiger partial charge in [0.25, 0.3) is 0 Å². The Labute approximate surface area is 166 Å². The first-order valence-corrected chi connectivity index (χ1v) is 9.31. The average Bonchev–Trinajstić information content (AvgIpc) is 2.55. The van der Waals surface area contributed by atoms with Crippen LogP contribution in [-0.2, 0) is 11.3 Å². The average molecular weight is 396 g/mol. The molecule has 5 heteroatoms. The molecule has 0 N–H and O–H groups in total. The van der Waals surface area contributed by atoms with Crippen LogP contribution in [0.2, 0.25) is 0 Å². The molecule has 2 nitrogen and oxygen atoms in total. The number of hydrogen-bond donors (Lipinski definition) is 0. The first-order valence-electron chi connectivity index (χ1n) is 9.31. The van der Waals surface area contributed by atoms with Crippen molar-refractivity contribution in [2.45, 2.75) is 51.5 Å². The van der Waals surface area contributed by atoms with Crippen molar-refractivity contribution in [1.82, 2.24) is 5.06 Å². The highest BCUT2D eigenvalue weighted by Crippen LogP contribution is 2.33. The first-order chi connectivity index (χ1) is 12.5. The maximum atomic E-state index is 14.3. The molecule has 2 aromatic carbocycles. The number of hydrogen-bond acceptors (Lipinski definition) is 2. The third kappa shape index (κ3) is 4.87. The molecule has 0 aliphatic heterocycles. The summed E-state index contributed by atoms with van der Waals surface area (Å²) >= 11 is 0. The highest BCUT2D eigenvalue weighted by atomic mass is 35.5. The molecule has 0 amide bonds. The molecule has 1 aliphatic rings. The second-order valence-electron chi connectivity index (χ2n) is 7.27. The molecule has 3 rings (SSSR count). The summed E-state index contributed by atoms with van der Waals surface area (Å²) in [5.41, 5.74) is 3.62. The Morgan fingerprint density at radius 3 is 2.07 bits per heavy atom. The molecule has 27 heavy (non-hydrogen) atoms. The van der Waals surface area contributed by atoms with Gasteiger partial charge in [0.1, 0.15) is 11.6 Å². The molecule has 0 saturated heterocycles. The summed E-state index contributed by atoms with van der Waals surface area (Å²) < 4.78 is 28.6. The lowest BCUT2D eigenvalue weighted by Gasteiger charge is -2.38. The predicted molar refractivity (Wildman–Crippen MR) is 107 cm³/mol. The first kappa shape index (κ1) is 21.8. The molecule has 1 atom stereocenters. The van der Waals surface area contributed by atoms with Crippen LogP contribution in [0, 0.1) is 25.5 Å². The minimum atomic E-state index is -0.478. The SMILES string of the molecule is CON(CC(Cc1c(F)cccc1F)c1c(C)cccc1C)C1CCC1.Cl. The maximum Gasteiger partial charge on any atom is 0.129 e. The smallest absolute Gasteiger partial charge is 0.129 e. The summed E-state index contributed by atoms with van der Waals surface area (Å²) in [5, 5.41) is 2.00. The molecular formula is C22H28ClF2NO. The van der Waals surface area contributed by atoms with E-state index in [2.05, 4.69) is 26.0 Å². The van der Waals surface area contributed by atoms with Gasteiger partial charge in [-0.3, -0.25) is 0 Å². The largest absolute Gasteiger partial charge is 0.302 e. The van der Waals surface area contributed by atoms with Gasteiger partial charge in [-0.1, -0.05) is 30.7 Å². The van der Waals surface area contributed by atoms with E-state index in [1.54, 1.807) is 7.11 Å². The van der Waals surface area contributed by atoms with Crippen LogP contribution in [-0.4, -0.2) is 24.8 Å². The van der Waals surface area contributed by atoms with Gasteiger partial charge < -0.3 is 4.84 Å². The number of halogens is 3. The molecule has 1 fully saturated rings. The summed E-state index contributed by atoms with van der Waals surface area (Å²) in [4.78, 5) is 5.63. The van der Waals surface area contributed by atoms with Gasteiger partial charge >= 0.3 is 0 Å². The van der Waals surface area contributed by atoms with E-state index < -0.39 is 11.6 Å². The number of nitrogens with zero attached hydrogens (tertiary/aromatic N) is 1. The Kier molecular flexibility index (Phi) is 7.78. The fourth-order valence-electron chi connectivity index (χ4n) is 3.97. The van der Waals surface area contributed by atoms with Crippen molar-refractivity contribution >= 4 is 12.4 Å². The normalized spacial score (nSPS) is 15.3. The fourth-order valence-corrected chi connectivity index (χ4v) is 3.97. The van der Waals surface area contributed by atoms with Crippen molar-refractivity contribution in [2.24, 2.45) is 0 Å². The van der Waals surface area contributed by atoms with Crippen LogP contribution in [0.25, 0.3) is 0 Å². The molecule has 1 aliphatic carbocycles. The van der Waals surface area contributed by atoms with E-state index in [9.17, 15) is 8.78 Å². The van der Waals surface area contributed by atoms with E-state index in [0.29, 0.717) is 19.0 Å². The van der Waals surface area contributed by atoms with E-state index in [1.165, 1.54) is 24.6 Å². The van der Waals surface area contributed by atoms with Crippen molar-refractivity contribution in [3.05, 3.63) is 70.3 Å². The van der Waals surface area contributed by atoms with Crippen LogP contribution in [0.3, 0.4) is 0 Å². The molecule has 0 aromatic heterocycles. The lowest BCUT2D eigenvalue weighted by Crippen LogP contribution is -2.42. The predicted octanol–water partition coefficient (Wildman–Crippen LogP) is 5.75. The summed E-state index contributed by atoms with van der Waals surface area (Å²) in [6.45, 7) is 4.75. The molecule has 2 aromatic rings. The Bertz CT molecular complexity index is 723. The molecule has 148 valence electrons. The summed E-state index contributed by atoms with van der Waals surface area (Å²) in [6.07, 6.45) is 3.75. The minimum Gasteiger partial charge on any atom is -0.302 e. The van der Waals surface area contributed by atoms with E-state index in [1.807, 2.05) is 11.1 Å². The number of hydroxylamine groups is 2. The van der Waals surface area contributed by atoms with Crippen molar-refractivity contribution in [1.29, 1.82) is 0 Å². The van der Waals surface area contributed by atoms with E-state index in [0.717, 1.165) is 29.5 Å².